The number of carbonyl (C=O) groups excluding carboxylic acids is 1. The van der Waals surface area contributed by atoms with Gasteiger partial charge in [-0.15, -0.1) is 0 Å². The molecule has 0 fully saturated rings. The Morgan fingerprint density at radius 2 is 1.65 bits per heavy atom. The van der Waals surface area contributed by atoms with Crippen LogP contribution in [-0.2, 0) is 14.3 Å². The second-order valence-electron chi connectivity index (χ2n) is 4.07. The van der Waals surface area contributed by atoms with E-state index in [1.165, 1.54) is 6.42 Å². The number of ether oxygens (including phenoxy) is 2. The number of carbonyl (C=O) groups is 1. The fraction of sp³-hybridized carbons (Fsp3) is 0.923. The van der Waals surface area contributed by atoms with E-state index < -0.39 is 0 Å². The average Bonchev–Trinajstić information content (AvgIpc) is 2.32. The van der Waals surface area contributed by atoms with E-state index in [1.54, 1.807) is 0 Å². The van der Waals surface area contributed by atoms with Gasteiger partial charge in [-0.2, -0.15) is 12.6 Å². The summed E-state index contributed by atoms with van der Waals surface area (Å²) in [6, 6.07) is 0. The van der Waals surface area contributed by atoms with Crippen LogP contribution in [0, 0.1) is 0 Å². The molecule has 0 amide bonds. The minimum absolute atomic E-state index is 0.136. The monoisotopic (exact) mass is 262 g/mol. The zero-order valence-corrected chi connectivity index (χ0v) is 11.8. The molecule has 17 heavy (non-hydrogen) atoms. The van der Waals surface area contributed by atoms with E-state index in [4.69, 9.17) is 9.47 Å². The van der Waals surface area contributed by atoms with Crippen LogP contribution < -0.4 is 0 Å². The normalized spacial score (nSPS) is 10.5. The summed E-state index contributed by atoms with van der Waals surface area (Å²) < 4.78 is 10.5. The smallest absolute Gasteiger partial charge is 0.306 e. The number of thiol groups is 1. The number of esters is 1. The van der Waals surface area contributed by atoms with Gasteiger partial charge in [-0.3, -0.25) is 4.79 Å². The molecule has 3 nitrogen and oxygen atoms in total. The Labute approximate surface area is 111 Å². The van der Waals surface area contributed by atoms with Crippen molar-refractivity contribution in [3.05, 3.63) is 0 Å². The van der Waals surface area contributed by atoms with E-state index in [9.17, 15) is 4.79 Å². The van der Waals surface area contributed by atoms with E-state index in [0.29, 0.717) is 18.8 Å². The Morgan fingerprint density at radius 3 is 2.29 bits per heavy atom. The van der Waals surface area contributed by atoms with Gasteiger partial charge in [-0.1, -0.05) is 19.8 Å². The zero-order chi connectivity index (χ0) is 12.8. The van der Waals surface area contributed by atoms with Crippen LogP contribution in [-0.4, -0.2) is 31.5 Å². The number of hydrogen-bond donors (Lipinski definition) is 1. The first-order chi connectivity index (χ1) is 8.31. The van der Waals surface area contributed by atoms with Crippen molar-refractivity contribution in [2.45, 2.75) is 51.9 Å². The van der Waals surface area contributed by atoms with Crippen LogP contribution in [0.3, 0.4) is 0 Å². The molecular formula is C13H26O3S. The molecule has 0 aliphatic carbocycles. The van der Waals surface area contributed by atoms with Gasteiger partial charge in [-0.05, 0) is 25.7 Å². The van der Waals surface area contributed by atoms with Crippen molar-refractivity contribution in [2.24, 2.45) is 0 Å². The summed E-state index contributed by atoms with van der Waals surface area (Å²) in [6.07, 6.45) is 7.07. The van der Waals surface area contributed by atoms with Gasteiger partial charge in [0.25, 0.3) is 0 Å². The molecule has 0 aromatic heterocycles. The lowest BCUT2D eigenvalue weighted by Gasteiger charge is -2.04. The first kappa shape index (κ1) is 16.8. The topological polar surface area (TPSA) is 35.5 Å². The largest absolute Gasteiger partial charge is 0.466 e. The number of rotatable bonds is 12. The molecule has 0 aromatic rings. The van der Waals surface area contributed by atoms with Gasteiger partial charge >= 0.3 is 5.97 Å². The maximum Gasteiger partial charge on any atom is 0.306 e. The third-order valence-electron chi connectivity index (χ3n) is 2.40. The van der Waals surface area contributed by atoms with Crippen LogP contribution >= 0.6 is 12.6 Å². The van der Waals surface area contributed by atoms with Crippen molar-refractivity contribution in [3.63, 3.8) is 0 Å². The highest BCUT2D eigenvalue weighted by atomic mass is 32.1. The van der Waals surface area contributed by atoms with Crippen molar-refractivity contribution >= 4 is 18.6 Å². The Balaban J connectivity index is 3.01. The Hall–Kier alpha value is -0.220. The van der Waals surface area contributed by atoms with E-state index in [2.05, 4.69) is 19.6 Å². The van der Waals surface area contributed by atoms with Crippen LogP contribution in [0.1, 0.15) is 51.9 Å². The summed E-state index contributed by atoms with van der Waals surface area (Å²) in [5, 5.41) is 0. The second-order valence-corrected chi connectivity index (χ2v) is 4.52. The molecule has 0 unspecified atom stereocenters. The summed E-state index contributed by atoms with van der Waals surface area (Å²) in [7, 11) is 0. The highest BCUT2D eigenvalue weighted by Crippen LogP contribution is 2.02. The summed E-state index contributed by atoms with van der Waals surface area (Å²) >= 11 is 3.97. The van der Waals surface area contributed by atoms with Crippen molar-refractivity contribution in [3.8, 4) is 0 Å². The third-order valence-corrected chi connectivity index (χ3v) is 2.63. The number of unbranched alkanes of at least 4 members (excludes halogenated alkanes) is 4. The number of hydrogen-bond acceptors (Lipinski definition) is 4. The Kier molecular flexibility index (Phi) is 13.7. The lowest BCUT2D eigenvalue weighted by molar-refractivity contribution is -0.143. The molecule has 0 aliphatic heterocycles. The van der Waals surface area contributed by atoms with Crippen LogP contribution in [0.5, 0.6) is 0 Å². The van der Waals surface area contributed by atoms with Crippen molar-refractivity contribution < 1.29 is 14.3 Å². The molecule has 0 atom stereocenters. The minimum atomic E-state index is -0.136. The fourth-order valence-electron chi connectivity index (χ4n) is 1.36. The molecule has 0 heterocycles. The molecule has 0 N–H and O–H groups in total. The van der Waals surface area contributed by atoms with Crippen LogP contribution in [0.25, 0.3) is 0 Å². The molecule has 0 aliphatic rings. The third kappa shape index (κ3) is 13.7. The van der Waals surface area contributed by atoms with Crippen LogP contribution in [0.15, 0.2) is 0 Å². The maximum absolute atomic E-state index is 11.0. The maximum atomic E-state index is 11.0. The first-order valence-electron chi connectivity index (χ1n) is 6.65. The zero-order valence-electron chi connectivity index (χ0n) is 11.0. The van der Waals surface area contributed by atoms with E-state index in [-0.39, 0.29) is 5.97 Å². The van der Waals surface area contributed by atoms with Crippen molar-refractivity contribution in [2.75, 3.05) is 25.6 Å². The predicted octanol–water partition coefficient (Wildman–Crippen LogP) is 3.23. The van der Waals surface area contributed by atoms with Gasteiger partial charge < -0.3 is 9.47 Å². The summed E-state index contributed by atoms with van der Waals surface area (Å²) in [5.74, 6) is 0.427. The van der Waals surface area contributed by atoms with Crippen LogP contribution in [0.2, 0.25) is 0 Å². The van der Waals surface area contributed by atoms with Gasteiger partial charge in [-0.25, -0.2) is 0 Å². The van der Waals surface area contributed by atoms with Gasteiger partial charge in [0, 0.05) is 19.0 Å². The van der Waals surface area contributed by atoms with E-state index in [0.717, 1.165) is 45.3 Å². The SMILES string of the molecule is CCCCOCCCCCCOC(=O)CCS. The molecule has 0 bridgehead atoms. The van der Waals surface area contributed by atoms with Crippen molar-refractivity contribution in [1.29, 1.82) is 0 Å². The first-order valence-corrected chi connectivity index (χ1v) is 7.28. The van der Waals surface area contributed by atoms with Gasteiger partial charge in [0.15, 0.2) is 0 Å². The lowest BCUT2D eigenvalue weighted by atomic mass is 10.2. The van der Waals surface area contributed by atoms with E-state index >= 15 is 0 Å². The minimum Gasteiger partial charge on any atom is -0.466 e. The highest BCUT2D eigenvalue weighted by molar-refractivity contribution is 7.80. The standard InChI is InChI=1S/C13H26O3S/c1-2-3-9-15-10-6-4-5-7-11-16-13(14)8-12-17/h17H,2-12H2,1H3. The predicted molar refractivity (Wildman–Crippen MR) is 73.6 cm³/mol. The lowest BCUT2D eigenvalue weighted by Crippen LogP contribution is -2.06. The molecule has 0 spiro atoms. The molecule has 102 valence electrons. The summed E-state index contributed by atoms with van der Waals surface area (Å²) in [6.45, 7) is 4.46. The molecule has 0 saturated carbocycles. The summed E-state index contributed by atoms with van der Waals surface area (Å²) in [5.41, 5.74) is 0. The molecule has 0 saturated heterocycles. The molecular weight excluding hydrogens is 236 g/mol. The molecule has 0 aromatic carbocycles. The summed E-state index contributed by atoms with van der Waals surface area (Å²) in [4.78, 5) is 11.0. The molecule has 4 heteroatoms. The van der Waals surface area contributed by atoms with Gasteiger partial charge in [0.05, 0.1) is 13.0 Å². The second kappa shape index (κ2) is 13.8. The average molecular weight is 262 g/mol. The Morgan fingerprint density at radius 1 is 1.00 bits per heavy atom. The fourth-order valence-corrected chi connectivity index (χ4v) is 1.54. The molecule has 0 radical (unpaired) electrons. The van der Waals surface area contributed by atoms with Crippen LogP contribution in [0.4, 0.5) is 0 Å². The quantitative estimate of drug-likeness (QED) is 0.333. The van der Waals surface area contributed by atoms with Gasteiger partial charge in [0.1, 0.15) is 0 Å². The van der Waals surface area contributed by atoms with Crippen molar-refractivity contribution in [1.82, 2.24) is 0 Å². The van der Waals surface area contributed by atoms with Gasteiger partial charge in [0.2, 0.25) is 0 Å². The highest BCUT2D eigenvalue weighted by Gasteiger charge is 1.99. The molecule has 0 rings (SSSR count). The Bertz CT molecular complexity index is 174. The van der Waals surface area contributed by atoms with E-state index in [1.807, 2.05) is 0 Å².